The maximum absolute atomic E-state index is 13.0. The third-order valence-corrected chi connectivity index (χ3v) is 4.97. The van der Waals surface area contributed by atoms with E-state index in [9.17, 15) is 9.59 Å². The molecule has 1 unspecified atom stereocenters. The molecule has 1 aromatic carbocycles. The summed E-state index contributed by atoms with van der Waals surface area (Å²) in [6.45, 7) is 0. The summed E-state index contributed by atoms with van der Waals surface area (Å²) in [6, 6.07) is 11.2. The summed E-state index contributed by atoms with van der Waals surface area (Å²) in [5.41, 5.74) is 1.19. The van der Waals surface area contributed by atoms with E-state index in [0.717, 1.165) is 31.2 Å². The Morgan fingerprint density at radius 1 is 1.11 bits per heavy atom. The van der Waals surface area contributed by atoms with Gasteiger partial charge >= 0.3 is 0 Å². The normalized spacial score (nSPS) is 15.9. The first-order valence-corrected chi connectivity index (χ1v) is 9.38. The Kier molecular flexibility index (Phi) is 6.29. The van der Waals surface area contributed by atoms with Gasteiger partial charge in [0.2, 0.25) is 0 Å². The maximum Gasteiger partial charge on any atom is 0.286 e. The highest BCUT2D eigenvalue weighted by atomic mass is 16.5. The summed E-state index contributed by atoms with van der Waals surface area (Å²) in [6.07, 6.45) is 4.84. The van der Waals surface area contributed by atoms with Crippen LogP contribution < -0.4 is 10.6 Å². The van der Waals surface area contributed by atoms with Crippen molar-refractivity contribution in [3.05, 3.63) is 59.0 Å². The molecule has 0 spiro atoms. The van der Waals surface area contributed by atoms with Gasteiger partial charge in [-0.05, 0) is 18.4 Å². The van der Waals surface area contributed by atoms with Crippen LogP contribution in [0.3, 0.4) is 0 Å². The van der Waals surface area contributed by atoms with Gasteiger partial charge in [0.05, 0.1) is 5.56 Å². The van der Waals surface area contributed by atoms with E-state index in [1.165, 1.54) is 19.5 Å². The molecule has 0 saturated heterocycles. The van der Waals surface area contributed by atoms with E-state index in [1.807, 2.05) is 30.3 Å². The summed E-state index contributed by atoms with van der Waals surface area (Å²) < 4.78 is 11.4. The third kappa shape index (κ3) is 4.39. The van der Waals surface area contributed by atoms with E-state index in [2.05, 4.69) is 10.6 Å². The largest absolute Gasteiger partial charge is 0.452 e. The first-order chi connectivity index (χ1) is 13.1. The van der Waals surface area contributed by atoms with Crippen molar-refractivity contribution in [2.24, 2.45) is 0 Å². The highest BCUT2D eigenvalue weighted by Gasteiger charge is 2.29. The van der Waals surface area contributed by atoms with E-state index < -0.39 is 6.10 Å². The zero-order chi connectivity index (χ0) is 19.2. The van der Waals surface area contributed by atoms with Gasteiger partial charge in [0.25, 0.3) is 11.8 Å². The average molecular weight is 370 g/mol. The van der Waals surface area contributed by atoms with Gasteiger partial charge in [0.1, 0.15) is 6.10 Å². The molecule has 1 fully saturated rings. The van der Waals surface area contributed by atoms with Crippen LogP contribution in [0.1, 0.15) is 70.4 Å². The van der Waals surface area contributed by atoms with Crippen molar-refractivity contribution in [3.63, 3.8) is 0 Å². The lowest BCUT2D eigenvalue weighted by Crippen LogP contribution is -2.36. The Bertz CT molecular complexity index is 779. The molecule has 6 nitrogen and oxygen atoms in total. The van der Waals surface area contributed by atoms with Crippen molar-refractivity contribution in [1.29, 1.82) is 0 Å². The molecule has 144 valence electrons. The van der Waals surface area contributed by atoms with Crippen molar-refractivity contribution >= 4 is 11.8 Å². The number of hydrogen-bond acceptors (Lipinski definition) is 4. The lowest BCUT2D eigenvalue weighted by atomic mass is 9.95. The molecule has 2 amide bonds. The number of methoxy groups -OCH3 is 1. The van der Waals surface area contributed by atoms with Crippen LogP contribution in [0.2, 0.25) is 0 Å². The second-order valence-corrected chi connectivity index (χ2v) is 6.80. The molecule has 1 saturated carbocycles. The number of nitrogens with one attached hydrogen (secondary N) is 2. The molecule has 1 atom stereocenters. The Balaban J connectivity index is 1.94. The number of hydrogen-bond donors (Lipinski definition) is 2. The predicted molar refractivity (Wildman–Crippen MR) is 102 cm³/mol. The zero-order valence-corrected chi connectivity index (χ0v) is 15.8. The summed E-state index contributed by atoms with van der Waals surface area (Å²) in [5.74, 6) is -0.167. The fourth-order valence-corrected chi connectivity index (χ4v) is 3.54. The first kappa shape index (κ1) is 19.2. The number of furan rings is 1. The average Bonchev–Trinajstić information content (AvgIpc) is 3.15. The third-order valence-electron chi connectivity index (χ3n) is 4.97. The van der Waals surface area contributed by atoms with Gasteiger partial charge in [0.15, 0.2) is 11.5 Å². The minimum atomic E-state index is -0.572. The van der Waals surface area contributed by atoms with Gasteiger partial charge in [-0.1, -0.05) is 49.6 Å². The zero-order valence-electron chi connectivity index (χ0n) is 15.8. The Labute approximate surface area is 159 Å². The summed E-state index contributed by atoms with van der Waals surface area (Å²) >= 11 is 0. The molecule has 27 heavy (non-hydrogen) atoms. The number of rotatable bonds is 6. The maximum atomic E-state index is 13.0. The van der Waals surface area contributed by atoms with Crippen molar-refractivity contribution in [1.82, 2.24) is 10.6 Å². The molecular formula is C21H26N2O4. The molecule has 2 N–H and O–H groups in total. The molecule has 6 heteroatoms. The van der Waals surface area contributed by atoms with Crippen LogP contribution in [-0.2, 0) is 4.74 Å². The lowest BCUT2D eigenvalue weighted by Gasteiger charge is -2.23. The SMILES string of the molecule is CNC(=O)c1cc(C(=O)NC2CCCCC2)c(C(OC)c2ccccc2)o1. The first-order valence-electron chi connectivity index (χ1n) is 9.38. The molecular weight excluding hydrogens is 344 g/mol. The second-order valence-electron chi connectivity index (χ2n) is 6.80. The van der Waals surface area contributed by atoms with E-state index in [4.69, 9.17) is 9.15 Å². The highest BCUT2D eigenvalue weighted by Crippen LogP contribution is 2.31. The Morgan fingerprint density at radius 3 is 2.44 bits per heavy atom. The molecule has 1 aromatic heterocycles. The van der Waals surface area contributed by atoms with Crippen molar-refractivity contribution < 1.29 is 18.7 Å². The standard InChI is InChI=1S/C21H26N2O4/c1-22-21(25)17-13-16(20(24)23-15-11-7-4-8-12-15)19(27-17)18(26-2)14-9-5-3-6-10-14/h3,5-6,9-10,13,15,18H,4,7-8,11-12H2,1-2H3,(H,22,25)(H,23,24). The van der Waals surface area contributed by atoms with E-state index >= 15 is 0 Å². The van der Waals surface area contributed by atoms with Crippen LogP contribution in [0, 0.1) is 0 Å². The summed E-state index contributed by atoms with van der Waals surface area (Å²) in [7, 11) is 3.08. The number of carbonyl (C=O) groups is 2. The van der Waals surface area contributed by atoms with E-state index in [0.29, 0.717) is 11.3 Å². The second kappa shape index (κ2) is 8.86. The number of benzene rings is 1. The highest BCUT2D eigenvalue weighted by molar-refractivity contribution is 5.99. The topological polar surface area (TPSA) is 80.6 Å². The fraction of sp³-hybridized carbons (Fsp3) is 0.429. The quantitative estimate of drug-likeness (QED) is 0.816. The van der Waals surface area contributed by atoms with Gasteiger partial charge in [-0.25, -0.2) is 0 Å². The minimum Gasteiger partial charge on any atom is -0.452 e. The number of carbonyl (C=O) groups excluding carboxylic acids is 2. The lowest BCUT2D eigenvalue weighted by molar-refractivity contribution is 0.0876. The van der Waals surface area contributed by atoms with Crippen molar-refractivity contribution in [2.45, 2.75) is 44.2 Å². The number of amides is 2. The Morgan fingerprint density at radius 2 is 1.81 bits per heavy atom. The van der Waals surface area contributed by atoms with Gasteiger partial charge in [-0.3, -0.25) is 9.59 Å². The van der Waals surface area contributed by atoms with Gasteiger partial charge in [0, 0.05) is 26.3 Å². The van der Waals surface area contributed by atoms with Gasteiger partial charge < -0.3 is 19.8 Å². The van der Waals surface area contributed by atoms with Gasteiger partial charge in [-0.2, -0.15) is 0 Å². The molecule has 0 aliphatic heterocycles. The van der Waals surface area contributed by atoms with E-state index in [1.54, 1.807) is 7.11 Å². The van der Waals surface area contributed by atoms with Crippen LogP contribution in [0.4, 0.5) is 0 Å². The fourth-order valence-electron chi connectivity index (χ4n) is 3.54. The minimum absolute atomic E-state index is 0.0966. The molecule has 0 radical (unpaired) electrons. The van der Waals surface area contributed by atoms with E-state index in [-0.39, 0.29) is 23.6 Å². The summed E-state index contributed by atoms with van der Waals surface area (Å²) in [4.78, 5) is 25.0. The molecule has 1 aliphatic rings. The number of ether oxygens (including phenoxy) is 1. The van der Waals surface area contributed by atoms with Gasteiger partial charge in [-0.15, -0.1) is 0 Å². The van der Waals surface area contributed by atoms with Crippen molar-refractivity contribution in [3.8, 4) is 0 Å². The molecule has 2 aromatic rings. The van der Waals surface area contributed by atoms with Crippen LogP contribution >= 0.6 is 0 Å². The molecule has 1 heterocycles. The molecule has 1 aliphatic carbocycles. The van der Waals surface area contributed by atoms with Crippen LogP contribution in [0.15, 0.2) is 40.8 Å². The predicted octanol–water partition coefficient (Wildman–Crippen LogP) is 3.44. The molecule has 0 bridgehead atoms. The smallest absolute Gasteiger partial charge is 0.286 e. The summed E-state index contributed by atoms with van der Waals surface area (Å²) in [5, 5.41) is 5.62. The monoisotopic (exact) mass is 370 g/mol. The van der Waals surface area contributed by atoms with Crippen LogP contribution in [0.5, 0.6) is 0 Å². The van der Waals surface area contributed by atoms with Crippen LogP contribution in [0.25, 0.3) is 0 Å². The van der Waals surface area contributed by atoms with Crippen LogP contribution in [-0.4, -0.2) is 32.0 Å². The Hall–Kier alpha value is -2.60. The van der Waals surface area contributed by atoms with Crippen molar-refractivity contribution in [2.75, 3.05) is 14.2 Å². The molecule has 3 rings (SSSR count).